The molecule has 0 N–H and O–H groups in total. The molecule has 98 valence electrons. The van der Waals surface area contributed by atoms with E-state index in [-0.39, 0.29) is 0 Å². The molecule has 0 aromatic heterocycles. The summed E-state index contributed by atoms with van der Waals surface area (Å²) in [6.07, 6.45) is 10.2. The first-order valence-electron chi connectivity index (χ1n) is 7.52. The zero-order valence-electron chi connectivity index (χ0n) is 11.4. The average molecular weight is 244 g/mol. The van der Waals surface area contributed by atoms with Crippen LogP contribution < -0.4 is 0 Å². The van der Waals surface area contributed by atoms with Gasteiger partial charge in [-0.15, -0.1) is 0 Å². The molecule has 3 unspecified atom stereocenters. The Bertz CT molecular complexity index is 386. The van der Waals surface area contributed by atoms with Crippen LogP contribution in [0.1, 0.15) is 51.0 Å². The van der Waals surface area contributed by atoms with Crippen molar-refractivity contribution < 1.29 is 4.74 Å². The van der Waals surface area contributed by atoms with Crippen LogP contribution in [0.25, 0.3) is 0 Å². The van der Waals surface area contributed by atoms with E-state index in [1.165, 1.54) is 50.5 Å². The van der Waals surface area contributed by atoms with E-state index in [9.17, 15) is 0 Å². The lowest BCUT2D eigenvalue weighted by Crippen LogP contribution is -2.34. The van der Waals surface area contributed by atoms with E-state index in [2.05, 4.69) is 37.3 Å². The molecule has 18 heavy (non-hydrogen) atoms. The maximum Gasteiger partial charge on any atom is 0.0640 e. The Kier molecular flexibility index (Phi) is 3.43. The van der Waals surface area contributed by atoms with Gasteiger partial charge in [0.25, 0.3) is 0 Å². The number of hydrogen-bond acceptors (Lipinski definition) is 1. The molecule has 1 nitrogen and oxygen atoms in total. The Labute approximate surface area is 111 Å². The third-order valence-corrected chi connectivity index (χ3v) is 4.85. The van der Waals surface area contributed by atoms with Crippen molar-refractivity contribution >= 4 is 0 Å². The molecule has 2 bridgehead atoms. The van der Waals surface area contributed by atoms with E-state index in [0.29, 0.717) is 17.6 Å². The third kappa shape index (κ3) is 2.21. The van der Waals surface area contributed by atoms with E-state index >= 15 is 0 Å². The van der Waals surface area contributed by atoms with Crippen LogP contribution in [0.15, 0.2) is 30.3 Å². The number of benzene rings is 1. The van der Waals surface area contributed by atoms with Gasteiger partial charge in [0.2, 0.25) is 0 Å². The zero-order valence-corrected chi connectivity index (χ0v) is 11.4. The summed E-state index contributed by atoms with van der Waals surface area (Å²) in [4.78, 5) is 0. The number of hydrogen-bond donors (Lipinski definition) is 0. The van der Waals surface area contributed by atoms with E-state index < -0.39 is 0 Å². The average Bonchev–Trinajstić information content (AvgIpc) is 2.98. The highest BCUT2D eigenvalue weighted by molar-refractivity contribution is 5.18. The van der Waals surface area contributed by atoms with Crippen molar-refractivity contribution in [2.24, 2.45) is 5.41 Å². The molecule has 2 aliphatic rings. The quantitative estimate of drug-likeness (QED) is 0.748. The highest BCUT2D eigenvalue weighted by Gasteiger charge is 2.51. The van der Waals surface area contributed by atoms with Gasteiger partial charge in [0.1, 0.15) is 0 Å². The fourth-order valence-electron chi connectivity index (χ4n) is 3.96. The molecule has 1 heteroatoms. The molecule has 1 aromatic rings. The predicted molar refractivity (Wildman–Crippen MR) is 74.6 cm³/mol. The second-order valence-electron chi connectivity index (χ2n) is 6.16. The summed E-state index contributed by atoms with van der Waals surface area (Å²) in [6.45, 7) is 2.30. The topological polar surface area (TPSA) is 9.23 Å². The minimum absolute atomic E-state index is 0.445. The molecular formula is C17H24O. The summed E-state index contributed by atoms with van der Waals surface area (Å²) in [6, 6.07) is 11.0. The molecule has 0 amide bonds. The van der Waals surface area contributed by atoms with E-state index in [4.69, 9.17) is 4.74 Å². The van der Waals surface area contributed by atoms with Crippen LogP contribution in [-0.4, -0.2) is 12.2 Å². The summed E-state index contributed by atoms with van der Waals surface area (Å²) in [5, 5.41) is 0. The van der Waals surface area contributed by atoms with Gasteiger partial charge in [-0.1, -0.05) is 50.1 Å². The summed E-state index contributed by atoms with van der Waals surface area (Å²) in [5.41, 5.74) is 1.94. The molecule has 0 radical (unpaired) electrons. The van der Waals surface area contributed by atoms with Crippen molar-refractivity contribution in [3.05, 3.63) is 35.9 Å². The van der Waals surface area contributed by atoms with Gasteiger partial charge in [0.05, 0.1) is 12.2 Å². The Morgan fingerprint density at radius 3 is 2.67 bits per heavy atom. The number of unbranched alkanes of at least 4 members (excludes halogenated alkanes) is 1. The summed E-state index contributed by atoms with van der Waals surface area (Å²) in [5.74, 6) is 0. The van der Waals surface area contributed by atoms with Gasteiger partial charge in [-0.3, -0.25) is 0 Å². The SMILES string of the molecule is CCCCC1(Cc2ccccc2)CC2CCC1O2. The van der Waals surface area contributed by atoms with Crippen LogP contribution in [0.2, 0.25) is 0 Å². The van der Waals surface area contributed by atoms with Crippen molar-refractivity contribution in [3.63, 3.8) is 0 Å². The summed E-state index contributed by atoms with van der Waals surface area (Å²) >= 11 is 0. The predicted octanol–water partition coefficient (Wildman–Crippen LogP) is 4.36. The maximum absolute atomic E-state index is 6.16. The summed E-state index contributed by atoms with van der Waals surface area (Å²) < 4.78 is 6.16. The molecule has 3 rings (SSSR count). The second kappa shape index (κ2) is 5.05. The molecule has 2 aliphatic heterocycles. The van der Waals surface area contributed by atoms with E-state index in [1.807, 2.05) is 0 Å². The van der Waals surface area contributed by atoms with Gasteiger partial charge in [-0.25, -0.2) is 0 Å². The fourth-order valence-corrected chi connectivity index (χ4v) is 3.96. The van der Waals surface area contributed by atoms with Crippen molar-refractivity contribution in [2.75, 3.05) is 0 Å². The normalized spacial score (nSPS) is 34.1. The van der Waals surface area contributed by atoms with Crippen molar-refractivity contribution in [3.8, 4) is 0 Å². The number of fused-ring (bicyclic) bond motifs is 2. The monoisotopic (exact) mass is 244 g/mol. The van der Waals surface area contributed by atoms with Gasteiger partial charge in [0.15, 0.2) is 0 Å². The molecule has 2 saturated heterocycles. The lowest BCUT2D eigenvalue weighted by atomic mass is 9.67. The molecular weight excluding hydrogens is 220 g/mol. The van der Waals surface area contributed by atoms with Gasteiger partial charge >= 0.3 is 0 Å². The fraction of sp³-hybridized carbons (Fsp3) is 0.647. The Balaban J connectivity index is 1.78. The molecule has 1 aromatic carbocycles. The van der Waals surface area contributed by atoms with Gasteiger partial charge in [-0.05, 0) is 37.7 Å². The Hall–Kier alpha value is -0.820. The maximum atomic E-state index is 6.16. The summed E-state index contributed by atoms with van der Waals surface area (Å²) in [7, 11) is 0. The first-order chi connectivity index (χ1) is 8.82. The largest absolute Gasteiger partial charge is 0.374 e. The van der Waals surface area contributed by atoms with Crippen molar-refractivity contribution in [1.82, 2.24) is 0 Å². The van der Waals surface area contributed by atoms with Gasteiger partial charge < -0.3 is 4.74 Å². The standard InChI is InChI=1S/C17H24O/c1-2-3-11-17(12-14-7-5-4-6-8-14)13-15-9-10-16(17)18-15/h4-8,15-16H,2-3,9-13H2,1H3. The number of rotatable bonds is 5. The number of ether oxygens (including phenoxy) is 1. The first-order valence-corrected chi connectivity index (χ1v) is 7.52. The lowest BCUT2D eigenvalue weighted by Gasteiger charge is -2.36. The van der Waals surface area contributed by atoms with Gasteiger partial charge in [0, 0.05) is 5.41 Å². The highest BCUT2D eigenvalue weighted by Crippen LogP contribution is 2.52. The molecule has 0 spiro atoms. The van der Waals surface area contributed by atoms with Crippen molar-refractivity contribution in [2.45, 2.75) is 64.1 Å². The van der Waals surface area contributed by atoms with Crippen LogP contribution in [-0.2, 0) is 11.2 Å². The van der Waals surface area contributed by atoms with Crippen LogP contribution >= 0.6 is 0 Å². The smallest absolute Gasteiger partial charge is 0.0640 e. The zero-order chi connectivity index (χ0) is 12.4. The van der Waals surface area contributed by atoms with Crippen LogP contribution in [0, 0.1) is 5.41 Å². The van der Waals surface area contributed by atoms with Crippen molar-refractivity contribution in [1.29, 1.82) is 0 Å². The second-order valence-corrected chi connectivity index (χ2v) is 6.16. The minimum atomic E-state index is 0.445. The molecule has 0 aliphatic carbocycles. The van der Waals surface area contributed by atoms with Gasteiger partial charge in [-0.2, -0.15) is 0 Å². The minimum Gasteiger partial charge on any atom is -0.374 e. The Morgan fingerprint density at radius 1 is 1.22 bits per heavy atom. The molecule has 2 fully saturated rings. The van der Waals surface area contributed by atoms with Crippen LogP contribution in [0.3, 0.4) is 0 Å². The van der Waals surface area contributed by atoms with Crippen LogP contribution in [0.5, 0.6) is 0 Å². The first kappa shape index (κ1) is 12.2. The molecule has 0 saturated carbocycles. The van der Waals surface area contributed by atoms with Crippen LogP contribution in [0.4, 0.5) is 0 Å². The van der Waals surface area contributed by atoms with E-state index in [1.54, 1.807) is 0 Å². The lowest BCUT2D eigenvalue weighted by molar-refractivity contribution is 0.0551. The molecule has 3 atom stereocenters. The molecule has 2 heterocycles. The highest BCUT2D eigenvalue weighted by atomic mass is 16.5. The Morgan fingerprint density at radius 2 is 2.06 bits per heavy atom. The van der Waals surface area contributed by atoms with E-state index in [0.717, 1.165) is 0 Å². The third-order valence-electron chi connectivity index (χ3n) is 4.85.